The molecule has 4 heteroatoms. The van der Waals surface area contributed by atoms with Gasteiger partial charge in [0.15, 0.2) is 0 Å². The van der Waals surface area contributed by atoms with Crippen molar-refractivity contribution in [3.05, 3.63) is 59.2 Å². The molecule has 5 rings (SSSR count). The van der Waals surface area contributed by atoms with Gasteiger partial charge in [-0.05, 0) is 80.6 Å². The van der Waals surface area contributed by atoms with Gasteiger partial charge >= 0.3 is 0 Å². The molecular formula is C27H35N2O2-. The average molecular weight is 420 g/mol. The molecule has 0 radical (unpaired) electrons. The number of ether oxygens (including phenoxy) is 1. The summed E-state index contributed by atoms with van der Waals surface area (Å²) < 4.78 is 6.29. The lowest BCUT2D eigenvalue weighted by molar-refractivity contribution is -0.268. The van der Waals surface area contributed by atoms with Crippen LogP contribution in [0.2, 0.25) is 0 Å². The van der Waals surface area contributed by atoms with Crippen LogP contribution in [0.25, 0.3) is 0 Å². The van der Waals surface area contributed by atoms with Crippen molar-refractivity contribution in [2.45, 2.75) is 57.0 Å². The van der Waals surface area contributed by atoms with Crippen LogP contribution in [0.1, 0.15) is 61.1 Å². The van der Waals surface area contributed by atoms with E-state index in [1.54, 1.807) is 12.1 Å². The highest BCUT2D eigenvalue weighted by molar-refractivity contribution is 5.44. The fourth-order valence-corrected chi connectivity index (χ4v) is 5.87. The second-order valence-electron chi connectivity index (χ2n) is 9.91. The topological polar surface area (TPSA) is 38.8 Å². The first kappa shape index (κ1) is 20.8. The lowest BCUT2D eigenvalue weighted by Gasteiger charge is -2.36. The van der Waals surface area contributed by atoms with Gasteiger partial charge in [-0.1, -0.05) is 43.2 Å². The summed E-state index contributed by atoms with van der Waals surface area (Å²) in [5.74, 6) is 2.06. The van der Waals surface area contributed by atoms with E-state index in [9.17, 15) is 5.11 Å². The Morgan fingerprint density at radius 3 is 2.45 bits per heavy atom. The van der Waals surface area contributed by atoms with Crippen LogP contribution in [0.15, 0.2) is 42.5 Å². The molecule has 4 nitrogen and oxygen atoms in total. The minimum atomic E-state index is 0.0750. The monoisotopic (exact) mass is 419 g/mol. The van der Waals surface area contributed by atoms with Gasteiger partial charge in [0.1, 0.15) is 5.75 Å². The van der Waals surface area contributed by atoms with Crippen LogP contribution in [0.5, 0.6) is 11.5 Å². The molecule has 3 aliphatic rings. The molecule has 2 fully saturated rings. The van der Waals surface area contributed by atoms with Gasteiger partial charge < -0.3 is 19.6 Å². The van der Waals surface area contributed by atoms with E-state index in [0.29, 0.717) is 11.8 Å². The van der Waals surface area contributed by atoms with Crippen LogP contribution in [0.4, 0.5) is 0 Å². The molecule has 2 aromatic rings. The van der Waals surface area contributed by atoms with Crippen LogP contribution < -0.4 is 9.84 Å². The number of hydrogen-bond donors (Lipinski definition) is 0. The second kappa shape index (κ2) is 9.22. The Kier molecular flexibility index (Phi) is 6.20. The Balaban J connectivity index is 1.21. The molecule has 2 aliphatic heterocycles. The van der Waals surface area contributed by atoms with E-state index in [0.717, 1.165) is 31.5 Å². The van der Waals surface area contributed by atoms with Crippen LogP contribution in [0.3, 0.4) is 0 Å². The van der Waals surface area contributed by atoms with Gasteiger partial charge in [-0.2, -0.15) is 0 Å². The standard InChI is InChI=1S/C27H36N2O2/c1-28-17-22-16-25(10-11-26(22)27(18-28)21-6-8-24(30)9-7-21)31-19-20-12-14-29(15-13-20)23-4-2-3-5-23/h6-11,16,20,23,27,30H,2-5,12-15,17-19H2,1H3/p-1. The predicted octanol–water partition coefficient (Wildman–Crippen LogP) is 4.37. The Morgan fingerprint density at radius 2 is 1.71 bits per heavy atom. The molecule has 1 saturated carbocycles. The van der Waals surface area contributed by atoms with Gasteiger partial charge in [0.05, 0.1) is 6.61 Å². The Bertz CT molecular complexity index is 867. The van der Waals surface area contributed by atoms with Crippen molar-refractivity contribution in [2.75, 3.05) is 33.3 Å². The van der Waals surface area contributed by atoms with E-state index in [4.69, 9.17) is 4.74 Å². The zero-order valence-corrected chi connectivity index (χ0v) is 18.8. The molecule has 0 bridgehead atoms. The van der Waals surface area contributed by atoms with Gasteiger partial charge in [0, 0.05) is 25.0 Å². The van der Waals surface area contributed by atoms with E-state index in [-0.39, 0.29) is 5.75 Å². The smallest absolute Gasteiger partial charge is 0.119 e. The molecule has 31 heavy (non-hydrogen) atoms. The first-order valence-electron chi connectivity index (χ1n) is 12.1. The molecule has 1 unspecified atom stereocenters. The molecule has 0 amide bonds. The summed E-state index contributed by atoms with van der Waals surface area (Å²) in [6.07, 6.45) is 8.20. The Labute approximate surface area is 186 Å². The van der Waals surface area contributed by atoms with Crippen LogP contribution in [-0.2, 0) is 6.54 Å². The summed E-state index contributed by atoms with van der Waals surface area (Å²) in [6.45, 7) is 5.25. The van der Waals surface area contributed by atoms with Gasteiger partial charge in [0.2, 0.25) is 0 Å². The first-order valence-corrected chi connectivity index (χ1v) is 12.1. The fourth-order valence-electron chi connectivity index (χ4n) is 5.87. The fraction of sp³-hybridized carbons (Fsp3) is 0.556. The minimum Gasteiger partial charge on any atom is -0.872 e. The lowest BCUT2D eigenvalue weighted by Crippen LogP contribution is -2.41. The summed E-state index contributed by atoms with van der Waals surface area (Å²) >= 11 is 0. The highest BCUT2D eigenvalue weighted by atomic mass is 16.5. The number of benzene rings is 2. The zero-order chi connectivity index (χ0) is 21.2. The van der Waals surface area contributed by atoms with E-state index in [1.807, 2.05) is 12.1 Å². The summed E-state index contributed by atoms with van der Waals surface area (Å²) in [5.41, 5.74) is 3.93. The molecule has 2 heterocycles. The maximum absolute atomic E-state index is 11.5. The van der Waals surface area contributed by atoms with Crippen molar-refractivity contribution < 1.29 is 9.84 Å². The van der Waals surface area contributed by atoms with Gasteiger partial charge in [-0.15, -0.1) is 5.75 Å². The molecular weight excluding hydrogens is 384 g/mol. The van der Waals surface area contributed by atoms with Crippen molar-refractivity contribution in [3.8, 4) is 11.5 Å². The van der Waals surface area contributed by atoms with Crippen LogP contribution in [-0.4, -0.2) is 49.1 Å². The van der Waals surface area contributed by atoms with Gasteiger partial charge in [-0.3, -0.25) is 0 Å². The molecule has 166 valence electrons. The van der Waals surface area contributed by atoms with Crippen molar-refractivity contribution in [3.63, 3.8) is 0 Å². The highest BCUT2D eigenvalue weighted by Crippen LogP contribution is 2.35. The van der Waals surface area contributed by atoms with Gasteiger partial charge in [0.25, 0.3) is 0 Å². The summed E-state index contributed by atoms with van der Waals surface area (Å²) in [5, 5.41) is 11.5. The Hall–Kier alpha value is -2.04. The molecule has 1 saturated heterocycles. The molecule has 2 aromatic carbocycles. The predicted molar refractivity (Wildman–Crippen MR) is 123 cm³/mol. The SMILES string of the molecule is CN1Cc2cc(OCC3CCN(C4CCCC4)CC3)ccc2C(c2ccc([O-])cc2)C1. The number of piperidine rings is 1. The molecule has 1 atom stereocenters. The first-order chi connectivity index (χ1) is 15.2. The number of likely N-dealkylation sites (tertiary alicyclic amines) is 1. The molecule has 0 aromatic heterocycles. The number of rotatable bonds is 5. The Morgan fingerprint density at radius 1 is 0.968 bits per heavy atom. The number of hydrogen-bond acceptors (Lipinski definition) is 4. The van der Waals surface area contributed by atoms with E-state index >= 15 is 0 Å². The third-order valence-electron chi connectivity index (χ3n) is 7.68. The maximum Gasteiger partial charge on any atom is 0.119 e. The lowest BCUT2D eigenvalue weighted by atomic mass is 9.84. The van der Waals surface area contributed by atoms with Gasteiger partial charge in [-0.25, -0.2) is 0 Å². The van der Waals surface area contributed by atoms with Crippen LogP contribution in [0, 0.1) is 5.92 Å². The minimum absolute atomic E-state index is 0.0750. The van der Waals surface area contributed by atoms with Crippen LogP contribution >= 0.6 is 0 Å². The average Bonchev–Trinajstić information content (AvgIpc) is 3.33. The van der Waals surface area contributed by atoms with Crippen molar-refractivity contribution in [1.29, 1.82) is 0 Å². The third kappa shape index (κ3) is 4.75. The third-order valence-corrected chi connectivity index (χ3v) is 7.68. The molecule has 0 N–H and O–H groups in total. The van der Waals surface area contributed by atoms with E-state index in [1.165, 1.54) is 68.3 Å². The normalized spacial score (nSPS) is 23.7. The second-order valence-corrected chi connectivity index (χ2v) is 9.91. The summed E-state index contributed by atoms with van der Waals surface area (Å²) in [6, 6.07) is 14.8. The zero-order valence-electron chi connectivity index (χ0n) is 18.8. The number of nitrogens with zero attached hydrogens (tertiary/aromatic N) is 2. The molecule has 1 aliphatic carbocycles. The summed E-state index contributed by atoms with van der Waals surface area (Å²) in [7, 11) is 2.17. The number of fused-ring (bicyclic) bond motifs is 1. The van der Waals surface area contributed by atoms with E-state index < -0.39 is 0 Å². The number of likely N-dealkylation sites (N-methyl/N-ethyl adjacent to an activating group) is 1. The molecule has 0 spiro atoms. The van der Waals surface area contributed by atoms with E-state index in [2.05, 4.69) is 35.0 Å². The van der Waals surface area contributed by atoms with Crippen molar-refractivity contribution in [2.24, 2.45) is 5.92 Å². The maximum atomic E-state index is 11.5. The highest BCUT2D eigenvalue weighted by Gasteiger charge is 2.28. The summed E-state index contributed by atoms with van der Waals surface area (Å²) in [4.78, 5) is 5.10. The van der Waals surface area contributed by atoms with Crippen molar-refractivity contribution in [1.82, 2.24) is 9.80 Å². The van der Waals surface area contributed by atoms with Crippen molar-refractivity contribution >= 4 is 0 Å². The quantitative estimate of drug-likeness (QED) is 0.721. The largest absolute Gasteiger partial charge is 0.872 e.